The summed E-state index contributed by atoms with van der Waals surface area (Å²) in [6, 6.07) is 16.9. The maximum absolute atomic E-state index is 12.5. The SMILES string of the molecule is Cc1cccc(N2CCN(C(=O)NCCc3c[nH]c4ccccc34)CC2)c1. The zero-order valence-corrected chi connectivity index (χ0v) is 15.7. The molecule has 2 heterocycles. The van der Waals surface area contributed by atoms with Crippen LogP contribution in [0.3, 0.4) is 0 Å². The van der Waals surface area contributed by atoms with Crippen LogP contribution < -0.4 is 10.2 Å². The van der Waals surface area contributed by atoms with Crippen molar-refractivity contribution in [3.63, 3.8) is 0 Å². The van der Waals surface area contributed by atoms with Crippen molar-refractivity contribution in [1.29, 1.82) is 0 Å². The Balaban J connectivity index is 1.26. The third-order valence-corrected chi connectivity index (χ3v) is 5.28. The average Bonchev–Trinajstić information content (AvgIpc) is 3.11. The molecule has 0 radical (unpaired) electrons. The molecule has 1 aromatic heterocycles. The molecule has 2 aromatic carbocycles. The molecule has 0 bridgehead atoms. The number of fused-ring (bicyclic) bond motifs is 1. The fourth-order valence-corrected chi connectivity index (χ4v) is 3.75. The lowest BCUT2D eigenvalue weighted by Gasteiger charge is -2.36. The minimum atomic E-state index is 0.0405. The number of aromatic amines is 1. The third kappa shape index (κ3) is 3.92. The minimum Gasteiger partial charge on any atom is -0.368 e. The Morgan fingerprint density at radius 3 is 2.70 bits per heavy atom. The van der Waals surface area contributed by atoms with Gasteiger partial charge in [0.05, 0.1) is 0 Å². The topological polar surface area (TPSA) is 51.4 Å². The highest BCUT2D eigenvalue weighted by Gasteiger charge is 2.21. The number of carbonyl (C=O) groups excluding carboxylic acids is 1. The molecular weight excluding hydrogens is 336 g/mol. The number of nitrogens with zero attached hydrogens (tertiary/aromatic N) is 2. The van der Waals surface area contributed by atoms with E-state index >= 15 is 0 Å². The molecule has 0 aliphatic carbocycles. The van der Waals surface area contributed by atoms with Crippen molar-refractivity contribution in [2.45, 2.75) is 13.3 Å². The summed E-state index contributed by atoms with van der Waals surface area (Å²) in [5.74, 6) is 0. The Morgan fingerprint density at radius 1 is 1.07 bits per heavy atom. The van der Waals surface area contributed by atoms with Gasteiger partial charge in [0.25, 0.3) is 0 Å². The number of amides is 2. The molecule has 140 valence electrons. The Morgan fingerprint density at radius 2 is 1.89 bits per heavy atom. The van der Waals surface area contributed by atoms with Crippen LogP contribution in [0.4, 0.5) is 10.5 Å². The molecule has 5 nitrogen and oxygen atoms in total. The van der Waals surface area contributed by atoms with Crippen LogP contribution in [0, 0.1) is 6.92 Å². The highest BCUT2D eigenvalue weighted by atomic mass is 16.2. The molecule has 4 rings (SSSR count). The van der Waals surface area contributed by atoms with E-state index in [1.54, 1.807) is 0 Å². The molecule has 1 fully saturated rings. The summed E-state index contributed by atoms with van der Waals surface area (Å²) in [5.41, 5.74) is 4.90. The summed E-state index contributed by atoms with van der Waals surface area (Å²) in [6.07, 6.45) is 2.87. The van der Waals surface area contributed by atoms with Gasteiger partial charge >= 0.3 is 6.03 Å². The second kappa shape index (κ2) is 7.74. The molecular formula is C22H26N4O. The number of rotatable bonds is 4. The van der Waals surface area contributed by atoms with Crippen molar-refractivity contribution in [2.75, 3.05) is 37.6 Å². The van der Waals surface area contributed by atoms with E-state index < -0.39 is 0 Å². The van der Waals surface area contributed by atoms with Crippen molar-refractivity contribution >= 4 is 22.6 Å². The number of para-hydroxylation sites is 1. The Bertz CT molecular complexity index is 925. The van der Waals surface area contributed by atoms with Gasteiger partial charge in [0, 0.05) is 55.5 Å². The van der Waals surface area contributed by atoms with Gasteiger partial charge in [0.1, 0.15) is 0 Å². The molecule has 0 atom stereocenters. The fourth-order valence-electron chi connectivity index (χ4n) is 3.75. The summed E-state index contributed by atoms with van der Waals surface area (Å²) in [7, 11) is 0. The highest BCUT2D eigenvalue weighted by Crippen LogP contribution is 2.19. The maximum Gasteiger partial charge on any atom is 0.317 e. The lowest BCUT2D eigenvalue weighted by atomic mass is 10.1. The van der Waals surface area contributed by atoms with Crippen molar-refractivity contribution in [3.8, 4) is 0 Å². The van der Waals surface area contributed by atoms with Gasteiger partial charge in [-0.15, -0.1) is 0 Å². The zero-order chi connectivity index (χ0) is 18.6. The predicted molar refractivity (Wildman–Crippen MR) is 110 cm³/mol. The molecule has 5 heteroatoms. The standard InChI is InChI=1S/C22H26N4O/c1-17-5-4-6-19(15-17)25-11-13-26(14-12-25)22(27)23-10-9-18-16-24-21-8-3-2-7-20(18)21/h2-8,15-16,24H,9-14H2,1H3,(H,23,27). The van der Waals surface area contributed by atoms with Crippen molar-refractivity contribution < 1.29 is 4.79 Å². The van der Waals surface area contributed by atoms with E-state index in [9.17, 15) is 4.79 Å². The summed E-state index contributed by atoms with van der Waals surface area (Å²) in [6.45, 7) is 6.03. The summed E-state index contributed by atoms with van der Waals surface area (Å²) in [5, 5.41) is 4.31. The molecule has 0 spiro atoms. The number of carbonyl (C=O) groups is 1. The second-order valence-corrected chi connectivity index (χ2v) is 7.15. The molecule has 1 aliphatic rings. The third-order valence-electron chi connectivity index (χ3n) is 5.28. The molecule has 3 aromatic rings. The van der Waals surface area contributed by atoms with Crippen LogP contribution >= 0.6 is 0 Å². The molecule has 0 saturated carbocycles. The van der Waals surface area contributed by atoms with Crippen molar-refractivity contribution in [3.05, 3.63) is 65.9 Å². The Kier molecular flexibility index (Phi) is 5.01. The van der Waals surface area contributed by atoms with Gasteiger partial charge in [-0.3, -0.25) is 0 Å². The first-order valence-corrected chi connectivity index (χ1v) is 9.60. The first-order valence-electron chi connectivity index (χ1n) is 9.60. The van der Waals surface area contributed by atoms with Crippen LogP contribution in [-0.4, -0.2) is 48.6 Å². The first kappa shape index (κ1) is 17.5. The Hall–Kier alpha value is -2.95. The summed E-state index contributed by atoms with van der Waals surface area (Å²) < 4.78 is 0. The number of anilines is 1. The predicted octanol–water partition coefficient (Wildman–Crippen LogP) is 3.55. The Labute approximate surface area is 160 Å². The summed E-state index contributed by atoms with van der Waals surface area (Å²) in [4.78, 5) is 20.0. The number of H-pyrrole nitrogens is 1. The number of aryl methyl sites for hydroxylation is 1. The summed E-state index contributed by atoms with van der Waals surface area (Å²) >= 11 is 0. The molecule has 1 saturated heterocycles. The highest BCUT2D eigenvalue weighted by molar-refractivity contribution is 5.83. The molecule has 0 unspecified atom stereocenters. The number of aromatic nitrogens is 1. The molecule has 1 aliphatic heterocycles. The molecule has 2 N–H and O–H groups in total. The lowest BCUT2D eigenvalue weighted by Crippen LogP contribution is -2.52. The van der Waals surface area contributed by atoms with Crippen molar-refractivity contribution in [1.82, 2.24) is 15.2 Å². The van der Waals surface area contributed by atoms with Gasteiger partial charge in [-0.05, 0) is 42.7 Å². The fraction of sp³-hybridized carbons (Fsp3) is 0.318. The number of urea groups is 1. The van der Waals surface area contributed by atoms with Crippen LogP contribution in [0.1, 0.15) is 11.1 Å². The van der Waals surface area contributed by atoms with E-state index in [-0.39, 0.29) is 6.03 Å². The number of hydrogen-bond acceptors (Lipinski definition) is 2. The smallest absolute Gasteiger partial charge is 0.317 e. The first-order chi connectivity index (χ1) is 13.2. The van der Waals surface area contributed by atoms with E-state index in [0.29, 0.717) is 6.54 Å². The monoisotopic (exact) mass is 362 g/mol. The van der Waals surface area contributed by atoms with Crippen LogP contribution in [0.15, 0.2) is 54.7 Å². The van der Waals surface area contributed by atoms with Gasteiger partial charge in [-0.1, -0.05) is 30.3 Å². The van der Waals surface area contributed by atoms with Gasteiger partial charge in [-0.2, -0.15) is 0 Å². The van der Waals surface area contributed by atoms with Gasteiger partial charge < -0.3 is 20.1 Å². The van der Waals surface area contributed by atoms with E-state index in [4.69, 9.17) is 0 Å². The second-order valence-electron chi connectivity index (χ2n) is 7.15. The van der Waals surface area contributed by atoms with E-state index in [2.05, 4.69) is 58.5 Å². The molecule has 2 amide bonds. The number of hydrogen-bond donors (Lipinski definition) is 2. The molecule has 27 heavy (non-hydrogen) atoms. The van der Waals surface area contributed by atoms with Gasteiger partial charge in [-0.25, -0.2) is 4.79 Å². The van der Waals surface area contributed by atoms with Gasteiger partial charge in [0.15, 0.2) is 0 Å². The lowest BCUT2D eigenvalue weighted by molar-refractivity contribution is 0.194. The zero-order valence-electron chi connectivity index (χ0n) is 15.7. The van der Waals surface area contributed by atoms with Crippen LogP contribution in [0.5, 0.6) is 0 Å². The van der Waals surface area contributed by atoms with E-state index in [1.807, 2.05) is 23.2 Å². The number of piperazine rings is 1. The minimum absolute atomic E-state index is 0.0405. The van der Waals surface area contributed by atoms with Crippen LogP contribution in [0.25, 0.3) is 10.9 Å². The van der Waals surface area contributed by atoms with E-state index in [1.165, 1.54) is 22.2 Å². The normalized spacial score (nSPS) is 14.6. The van der Waals surface area contributed by atoms with Crippen LogP contribution in [0.2, 0.25) is 0 Å². The van der Waals surface area contributed by atoms with E-state index in [0.717, 1.165) is 38.1 Å². The number of nitrogens with one attached hydrogen (secondary N) is 2. The average molecular weight is 362 g/mol. The van der Waals surface area contributed by atoms with Crippen molar-refractivity contribution in [2.24, 2.45) is 0 Å². The quantitative estimate of drug-likeness (QED) is 0.746. The van der Waals surface area contributed by atoms with Crippen LogP contribution in [-0.2, 0) is 6.42 Å². The largest absolute Gasteiger partial charge is 0.368 e. The number of benzene rings is 2. The maximum atomic E-state index is 12.5. The van der Waals surface area contributed by atoms with Gasteiger partial charge in [0.2, 0.25) is 0 Å².